The highest BCUT2D eigenvalue weighted by atomic mass is 79.9. The van der Waals surface area contributed by atoms with Crippen LogP contribution in [0.1, 0.15) is 25.8 Å². The molecule has 0 N–H and O–H groups in total. The van der Waals surface area contributed by atoms with Gasteiger partial charge in [-0.15, -0.1) is 0 Å². The van der Waals surface area contributed by atoms with Gasteiger partial charge in [0.25, 0.3) is 0 Å². The zero-order valence-electron chi connectivity index (χ0n) is 9.64. The number of halogens is 3. The van der Waals surface area contributed by atoms with Crippen LogP contribution < -0.4 is 0 Å². The molecule has 0 aliphatic rings. The van der Waals surface area contributed by atoms with Crippen LogP contribution in [0.2, 0.25) is 0 Å². The summed E-state index contributed by atoms with van der Waals surface area (Å²) in [7, 11) is 0. The Labute approximate surface area is 114 Å². The molecule has 0 aliphatic heterocycles. The first kappa shape index (κ1) is 14.2. The van der Waals surface area contributed by atoms with Gasteiger partial charge in [-0.05, 0) is 52.2 Å². The minimum atomic E-state index is -0.171. The summed E-state index contributed by atoms with van der Waals surface area (Å²) in [5, 5.41) is 0.966. The van der Waals surface area contributed by atoms with Crippen LogP contribution in [-0.2, 0) is 6.42 Å². The number of hydrogen-bond acceptors (Lipinski definition) is 0. The van der Waals surface area contributed by atoms with Gasteiger partial charge in [0.15, 0.2) is 0 Å². The largest absolute Gasteiger partial charge is 0.206 e. The van der Waals surface area contributed by atoms with E-state index in [0.717, 1.165) is 23.7 Å². The second kappa shape index (κ2) is 6.75. The highest BCUT2D eigenvalue weighted by molar-refractivity contribution is 9.10. The molecule has 90 valence electrons. The maximum absolute atomic E-state index is 13.3. The molecule has 0 heterocycles. The molecule has 16 heavy (non-hydrogen) atoms. The summed E-state index contributed by atoms with van der Waals surface area (Å²) in [6, 6.07) is 5.25. The van der Waals surface area contributed by atoms with Crippen molar-refractivity contribution in [3.8, 4) is 0 Å². The predicted molar refractivity (Wildman–Crippen MR) is 74.5 cm³/mol. The van der Waals surface area contributed by atoms with Crippen LogP contribution in [0.25, 0.3) is 0 Å². The molecule has 1 aromatic carbocycles. The highest BCUT2D eigenvalue weighted by Crippen LogP contribution is 2.26. The van der Waals surface area contributed by atoms with Gasteiger partial charge in [0.05, 0.1) is 4.47 Å². The summed E-state index contributed by atoms with van der Waals surface area (Å²) in [5.41, 5.74) is 1.06. The van der Waals surface area contributed by atoms with Crippen molar-refractivity contribution in [3.05, 3.63) is 34.1 Å². The Balaban J connectivity index is 2.74. The van der Waals surface area contributed by atoms with Crippen molar-refractivity contribution in [2.75, 3.05) is 5.33 Å². The molecular formula is C13H17Br2F. The third-order valence-electron chi connectivity index (χ3n) is 2.56. The van der Waals surface area contributed by atoms with E-state index in [4.69, 9.17) is 0 Å². The van der Waals surface area contributed by atoms with Crippen LogP contribution in [0.4, 0.5) is 4.39 Å². The first-order chi connectivity index (χ1) is 7.54. The van der Waals surface area contributed by atoms with Gasteiger partial charge in [-0.1, -0.05) is 41.9 Å². The Hall–Kier alpha value is 0.110. The minimum absolute atomic E-state index is 0.171. The van der Waals surface area contributed by atoms with Gasteiger partial charge < -0.3 is 0 Å². The quantitative estimate of drug-likeness (QED) is 0.640. The van der Waals surface area contributed by atoms with E-state index in [2.05, 4.69) is 45.7 Å². The van der Waals surface area contributed by atoms with Crippen LogP contribution in [0.3, 0.4) is 0 Å². The minimum Gasteiger partial charge on any atom is -0.206 e. The lowest BCUT2D eigenvalue weighted by Crippen LogP contribution is -2.10. The van der Waals surface area contributed by atoms with E-state index in [1.165, 1.54) is 6.07 Å². The maximum atomic E-state index is 13.3. The van der Waals surface area contributed by atoms with Gasteiger partial charge in [-0.3, -0.25) is 0 Å². The Morgan fingerprint density at radius 1 is 1.31 bits per heavy atom. The normalized spacial score (nSPS) is 13.1. The van der Waals surface area contributed by atoms with Crippen molar-refractivity contribution in [2.45, 2.75) is 26.7 Å². The molecule has 0 radical (unpaired) electrons. The smallest absolute Gasteiger partial charge is 0.137 e. The fourth-order valence-corrected chi connectivity index (χ4v) is 2.80. The Kier molecular flexibility index (Phi) is 5.98. The molecule has 0 spiro atoms. The zero-order valence-corrected chi connectivity index (χ0v) is 12.8. The average molecular weight is 352 g/mol. The van der Waals surface area contributed by atoms with E-state index in [-0.39, 0.29) is 5.82 Å². The first-order valence-electron chi connectivity index (χ1n) is 5.53. The third kappa shape index (κ3) is 4.17. The van der Waals surface area contributed by atoms with E-state index in [9.17, 15) is 4.39 Å². The van der Waals surface area contributed by atoms with E-state index in [1.807, 2.05) is 6.07 Å². The van der Waals surface area contributed by atoms with Gasteiger partial charge in [0, 0.05) is 5.33 Å². The molecule has 0 fully saturated rings. The molecule has 1 unspecified atom stereocenters. The van der Waals surface area contributed by atoms with Crippen LogP contribution in [0.15, 0.2) is 22.7 Å². The topological polar surface area (TPSA) is 0 Å². The molecule has 0 amide bonds. The molecule has 0 aromatic heterocycles. The fraction of sp³-hybridized carbons (Fsp3) is 0.538. The Morgan fingerprint density at radius 2 is 2.00 bits per heavy atom. The molecule has 3 heteroatoms. The first-order valence-corrected chi connectivity index (χ1v) is 7.44. The van der Waals surface area contributed by atoms with E-state index < -0.39 is 0 Å². The predicted octanol–water partition coefficient (Wildman–Crippen LogP) is 5.19. The summed E-state index contributed by atoms with van der Waals surface area (Å²) in [6.45, 7) is 4.44. The maximum Gasteiger partial charge on any atom is 0.137 e. The zero-order chi connectivity index (χ0) is 12.1. The molecule has 0 saturated heterocycles. The fourth-order valence-electron chi connectivity index (χ4n) is 1.88. The number of hydrogen-bond donors (Lipinski definition) is 0. The summed E-state index contributed by atoms with van der Waals surface area (Å²) >= 11 is 6.85. The third-order valence-corrected chi connectivity index (χ3v) is 4.37. The van der Waals surface area contributed by atoms with Crippen molar-refractivity contribution >= 4 is 31.9 Å². The number of alkyl halides is 1. The monoisotopic (exact) mass is 350 g/mol. The second-order valence-corrected chi connectivity index (χ2v) is 6.01. The molecule has 1 aromatic rings. The highest BCUT2D eigenvalue weighted by Gasteiger charge is 2.13. The van der Waals surface area contributed by atoms with Gasteiger partial charge in [0.1, 0.15) is 5.82 Å². The van der Waals surface area contributed by atoms with E-state index >= 15 is 0 Å². The van der Waals surface area contributed by atoms with Crippen LogP contribution >= 0.6 is 31.9 Å². The van der Waals surface area contributed by atoms with E-state index in [1.54, 1.807) is 6.07 Å². The van der Waals surface area contributed by atoms with Crippen molar-refractivity contribution in [2.24, 2.45) is 11.8 Å². The summed E-state index contributed by atoms with van der Waals surface area (Å²) in [4.78, 5) is 0. The van der Waals surface area contributed by atoms with Gasteiger partial charge in [-0.25, -0.2) is 4.39 Å². The molecular weight excluding hydrogens is 335 g/mol. The van der Waals surface area contributed by atoms with Gasteiger partial charge >= 0.3 is 0 Å². The van der Waals surface area contributed by atoms with Crippen molar-refractivity contribution in [1.82, 2.24) is 0 Å². The van der Waals surface area contributed by atoms with E-state index in [0.29, 0.717) is 16.3 Å². The van der Waals surface area contributed by atoms with Crippen LogP contribution in [0.5, 0.6) is 0 Å². The lowest BCUT2D eigenvalue weighted by Gasteiger charge is -2.17. The Morgan fingerprint density at radius 3 is 2.56 bits per heavy atom. The summed E-state index contributed by atoms with van der Waals surface area (Å²) in [6.07, 6.45) is 2.08. The summed E-state index contributed by atoms with van der Waals surface area (Å²) in [5.74, 6) is 1.07. The molecule has 0 saturated carbocycles. The van der Waals surface area contributed by atoms with Crippen molar-refractivity contribution < 1.29 is 4.39 Å². The lowest BCUT2D eigenvalue weighted by molar-refractivity contribution is 0.443. The molecule has 0 bridgehead atoms. The molecule has 1 atom stereocenters. The lowest BCUT2D eigenvalue weighted by atomic mass is 9.92. The summed E-state index contributed by atoms with van der Waals surface area (Å²) < 4.78 is 14.0. The number of rotatable bonds is 5. The Bertz CT molecular complexity index is 337. The molecule has 1 rings (SSSR count). The van der Waals surface area contributed by atoms with Gasteiger partial charge in [0.2, 0.25) is 0 Å². The van der Waals surface area contributed by atoms with Crippen molar-refractivity contribution in [3.63, 3.8) is 0 Å². The van der Waals surface area contributed by atoms with Gasteiger partial charge in [-0.2, -0.15) is 0 Å². The average Bonchev–Trinajstić information content (AvgIpc) is 2.23. The SMILES string of the molecule is CC(C)CC(CBr)Cc1cccc(F)c1Br. The van der Waals surface area contributed by atoms with Crippen LogP contribution in [-0.4, -0.2) is 5.33 Å². The number of benzene rings is 1. The second-order valence-electron chi connectivity index (χ2n) is 4.57. The molecule has 0 nitrogen and oxygen atoms in total. The standard InChI is InChI=1S/C13H17Br2F/c1-9(2)6-10(8-14)7-11-4-3-5-12(16)13(11)15/h3-5,9-10H,6-8H2,1-2H3. The molecule has 0 aliphatic carbocycles. The van der Waals surface area contributed by atoms with Crippen LogP contribution in [0, 0.1) is 17.7 Å². The van der Waals surface area contributed by atoms with Crippen molar-refractivity contribution in [1.29, 1.82) is 0 Å².